The highest BCUT2D eigenvalue weighted by Crippen LogP contribution is 2.01. The molecule has 0 aliphatic rings. The van der Waals surface area contributed by atoms with Gasteiger partial charge >= 0.3 is 0 Å². The molecule has 2 N–H and O–H groups in total. The zero-order chi connectivity index (χ0) is 7.56. The molecule has 1 aromatic rings. The summed E-state index contributed by atoms with van der Waals surface area (Å²) >= 11 is 4.78. The first-order chi connectivity index (χ1) is 4.72. The van der Waals surface area contributed by atoms with E-state index < -0.39 is 0 Å². The molecule has 1 aromatic heterocycles. The quantitative estimate of drug-likeness (QED) is 0.640. The van der Waals surface area contributed by atoms with Crippen molar-refractivity contribution in [2.24, 2.45) is 5.73 Å². The van der Waals surface area contributed by atoms with Gasteiger partial charge in [0.1, 0.15) is 0 Å². The largest absolute Gasteiger partial charge is 0.392 e. The molecule has 0 saturated carbocycles. The Balaban J connectivity index is 2.77. The average Bonchev–Trinajstić information content (AvgIpc) is 2.36. The maximum atomic E-state index is 5.40. The fraction of sp³-hybridized carbons (Fsp3) is 0.333. The van der Waals surface area contributed by atoms with Gasteiger partial charge in [-0.1, -0.05) is 12.2 Å². The monoisotopic (exact) mass is 155 g/mol. The predicted molar refractivity (Wildman–Crippen MR) is 43.7 cm³/mol. The summed E-state index contributed by atoms with van der Waals surface area (Å²) in [6, 6.07) is 1.86. The van der Waals surface area contributed by atoms with Crippen molar-refractivity contribution in [1.29, 1.82) is 0 Å². The molecule has 0 radical (unpaired) electrons. The van der Waals surface area contributed by atoms with Gasteiger partial charge < -0.3 is 5.73 Å². The number of nitrogens with two attached hydrogens (primary N) is 1. The summed E-state index contributed by atoms with van der Waals surface area (Å²) in [6.45, 7) is 1.91. The summed E-state index contributed by atoms with van der Waals surface area (Å²) < 4.78 is 1.72. The molecule has 1 rings (SSSR count). The van der Waals surface area contributed by atoms with Gasteiger partial charge in [-0.05, 0) is 13.0 Å². The first-order valence-electron chi connectivity index (χ1n) is 3.00. The lowest BCUT2D eigenvalue weighted by Gasteiger charge is -2.08. The van der Waals surface area contributed by atoms with E-state index in [2.05, 4.69) is 5.10 Å². The maximum Gasteiger partial charge on any atom is 0.0988 e. The van der Waals surface area contributed by atoms with E-state index in [1.165, 1.54) is 0 Å². The topological polar surface area (TPSA) is 43.8 Å². The molecule has 0 aromatic carbocycles. The lowest BCUT2D eigenvalue weighted by Crippen LogP contribution is -2.22. The third kappa shape index (κ3) is 1.33. The molecule has 10 heavy (non-hydrogen) atoms. The molecule has 0 spiro atoms. The number of hydrogen-bond donors (Lipinski definition) is 1. The second-order valence-corrected chi connectivity index (χ2v) is 2.54. The highest BCUT2D eigenvalue weighted by atomic mass is 32.1. The molecule has 1 unspecified atom stereocenters. The maximum absolute atomic E-state index is 5.40. The van der Waals surface area contributed by atoms with Gasteiger partial charge in [0.25, 0.3) is 0 Å². The molecule has 4 heteroatoms. The Morgan fingerprint density at radius 3 is 2.90 bits per heavy atom. The molecular weight excluding hydrogens is 146 g/mol. The zero-order valence-corrected chi connectivity index (χ0v) is 6.51. The number of thiocarbonyl (C=S) groups is 1. The van der Waals surface area contributed by atoms with E-state index in [9.17, 15) is 0 Å². The van der Waals surface area contributed by atoms with Crippen LogP contribution < -0.4 is 5.73 Å². The number of hydrogen-bond acceptors (Lipinski definition) is 2. The van der Waals surface area contributed by atoms with Crippen LogP contribution in [0.2, 0.25) is 0 Å². The van der Waals surface area contributed by atoms with Gasteiger partial charge in [-0.3, -0.25) is 4.68 Å². The molecule has 3 nitrogen and oxygen atoms in total. The third-order valence-corrected chi connectivity index (χ3v) is 1.67. The van der Waals surface area contributed by atoms with Crippen LogP contribution in [0, 0.1) is 0 Å². The van der Waals surface area contributed by atoms with Crippen LogP contribution >= 0.6 is 12.2 Å². The summed E-state index contributed by atoms with van der Waals surface area (Å²) in [5.41, 5.74) is 5.40. The fourth-order valence-electron chi connectivity index (χ4n) is 0.640. The van der Waals surface area contributed by atoms with Crippen LogP contribution in [0.1, 0.15) is 13.0 Å². The second kappa shape index (κ2) is 2.79. The molecule has 0 aliphatic heterocycles. The van der Waals surface area contributed by atoms with E-state index in [0.29, 0.717) is 4.99 Å². The SMILES string of the molecule is CC(C(N)=S)n1cccn1. The van der Waals surface area contributed by atoms with Crippen LogP contribution in [0.3, 0.4) is 0 Å². The Morgan fingerprint density at radius 2 is 2.50 bits per heavy atom. The van der Waals surface area contributed by atoms with E-state index in [4.69, 9.17) is 18.0 Å². The van der Waals surface area contributed by atoms with Crippen LogP contribution in [0.25, 0.3) is 0 Å². The summed E-state index contributed by atoms with van der Waals surface area (Å²) in [4.78, 5) is 0.462. The van der Waals surface area contributed by atoms with Crippen molar-refractivity contribution >= 4 is 17.2 Å². The molecule has 0 aliphatic carbocycles. The molecule has 54 valence electrons. The third-order valence-electron chi connectivity index (χ3n) is 1.33. The number of nitrogens with zero attached hydrogens (tertiary/aromatic N) is 2. The van der Waals surface area contributed by atoms with E-state index in [-0.39, 0.29) is 6.04 Å². The van der Waals surface area contributed by atoms with Gasteiger partial charge in [0, 0.05) is 12.4 Å². The Morgan fingerprint density at radius 1 is 1.80 bits per heavy atom. The van der Waals surface area contributed by atoms with E-state index in [0.717, 1.165) is 0 Å². The van der Waals surface area contributed by atoms with Gasteiger partial charge in [-0.15, -0.1) is 0 Å². The first kappa shape index (κ1) is 7.21. The number of aromatic nitrogens is 2. The Labute approximate surface area is 64.8 Å². The van der Waals surface area contributed by atoms with E-state index in [1.807, 2.05) is 19.2 Å². The van der Waals surface area contributed by atoms with E-state index >= 15 is 0 Å². The van der Waals surface area contributed by atoms with Crippen molar-refractivity contribution in [3.8, 4) is 0 Å². The lowest BCUT2D eigenvalue weighted by atomic mass is 10.3. The summed E-state index contributed by atoms with van der Waals surface area (Å²) in [7, 11) is 0. The van der Waals surface area contributed by atoms with E-state index in [1.54, 1.807) is 10.9 Å². The van der Waals surface area contributed by atoms with Gasteiger partial charge in [0.2, 0.25) is 0 Å². The highest BCUT2D eigenvalue weighted by Gasteiger charge is 2.05. The van der Waals surface area contributed by atoms with Crippen LogP contribution in [0.15, 0.2) is 18.5 Å². The molecule has 1 atom stereocenters. The van der Waals surface area contributed by atoms with Crippen LogP contribution in [-0.2, 0) is 0 Å². The van der Waals surface area contributed by atoms with Gasteiger partial charge in [0.05, 0.1) is 11.0 Å². The Kier molecular flexibility index (Phi) is 2.01. The van der Waals surface area contributed by atoms with Crippen molar-refractivity contribution in [2.75, 3.05) is 0 Å². The first-order valence-corrected chi connectivity index (χ1v) is 3.41. The average molecular weight is 155 g/mol. The molecule has 0 bridgehead atoms. The predicted octanol–water partition coefficient (Wildman–Crippen LogP) is 0.730. The van der Waals surface area contributed by atoms with Crippen molar-refractivity contribution in [2.45, 2.75) is 13.0 Å². The van der Waals surface area contributed by atoms with Gasteiger partial charge in [-0.2, -0.15) is 5.10 Å². The fourth-order valence-corrected chi connectivity index (χ4v) is 0.748. The van der Waals surface area contributed by atoms with Gasteiger partial charge in [0.15, 0.2) is 0 Å². The highest BCUT2D eigenvalue weighted by molar-refractivity contribution is 7.80. The van der Waals surface area contributed by atoms with Crippen molar-refractivity contribution < 1.29 is 0 Å². The lowest BCUT2D eigenvalue weighted by molar-refractivity contribution is 0.611. The van der Waals surface area contributed by atoms with Crippen molar-refractivity contribution in [1.82, 2.24) is 9.78 Å². The standard InChI is InChI=1S/C6H9N3S/c1-5(6(7)10)9-4-2-3-8-9/h2-5H,1H3,(H2,7,10). The molecule has 0 fully saturated rings. The summed E-state index contributed by atoms with van der Waals surface area (Å²) in [6.07, 6.45) is 3.54. The minimum Gasteiger partial charge on any atom is -0.392 e. The number of rotatable bonds is 2. The summed E-state index contributed by atoms with van der Waals surface area (Å²) in [5, 5.41) is 3.99. The molecule has 1 heterocycles. The van der Waals surface area contributed by atoms with Crippen LogP contribution in [0.5, 0.6) is 0 Å². The van der Waals surface area contributed by atoms with Crippen LogP contribution in [-0.4, -0.2) is 14.8 Å². The van der Waals surface area contributed by atoms with Crippen LogP contribution in [0.4, 0.5) is 0 Å². The normalized spacial score (nSPS) is 12.9. The van der Waals surface area contributed by atoms with Gasteiger partial charge in [-0.25, -0.2) is 0 Å². The zero-order valence-electron chi connectivity index (χ0n) is 5.69. The summed E-state index contributed by atoms with van der Waals surface area (Å²) in [5.74, 6) is 0. The smallest absolute Gasteiger partial charge is 0.0988 e. The Bertz CT molecular complexity index is 217. The van der Waals surface area contributed by atoms with Crippen molar-refractivity contribution in [3.63, 3.8) is 0 Å². The molecular formula is C6H9N3S. The Hall–Kier alpha value is -0.900. The molecule has 0 amide bonds. The van der Waals surface area contributed by atoms with Crippen molar-refractivity contribution in [3.05, 3.63) is 18.5 Å². The molecule has 0 saturated heterocycles. The minimum atomic E-state index is 0.0185. The second-order valence-electron chi connectivity index (χ2n) is 2.06. The minimum absolute atomic E-state index is 0.0185.